The molecule has 0 saturated heterocycles. The molecule has 9 heteroatoms. The van der Waals surface area contributed by atoms with E-state index in [0.717, 1.165) is 4.90 Å². The number of carbonyl (C=O) groups is 3. The van der Waals surface area contributed by atoms with Gasteiger partial charge in [0.25, 0.3) is 23.4 Å². The highest BCUT2D eigenvalue weighted by atomic mass is 35.5. The summed E-state index contributed by atoms with van der Waals surface area (Å²) in [6.07, 6.45) is 0. The molecule has 0 spiro atoms. The summed E-state index contributed by atoms with van der Waals surface area (Å²) in [5.74, 6) is -1.22. The van der Waals surface area contributed by atoms with Crippen molar-refractivity contribution in [3.05, 3.63) is 104 Å². The highest BCUT2D eigenvalue weighted by Crippen LogP contribution is 2.27. The van der Waals surface area contributed by atoms with Crippen LogP contribution in [-0.2, 0) is 6.54 Å². The highest BCUT2D eigenvalue weighted by Gasteiger charge is 2.34. The third-order valence-corrected chi connectivity index (χ3v) is 5.17. The Hall–Kier alpha value is -4.04. The van der Waals surface area contributed by atoms with E-state index in [1.165, 1.54) is 30.3 Å². The third-order valence-electron chi connectivity index (χ3n) is 4.84. The van der Waals surface area contributed by atoms with Gasteiger partial charge in [0, 0.05) is 17.7 Å². The molecule has 0 unspecified atom stereocenters. The van der Waals surface area contributed by atoms with Crippen LogP contribution in [0.15, 0.2) is 66.7 Å². The van der Waals surface area contributed by atoms with Gasteiger partial charge in [-0.25, -0.2) is 0 Å². The van der Waals surface area contributed by atoms with E-state index in [1.807, 2.05) is 0 Å². The Morgan fingerprint density at radius 3 is 2.16 bits per heavy atom. The average Bonchev–Trinajstić information content (AvgIpc) is 3.00. The summed E-state index contributed by atoms with van der Waals surface area (Å²) >= 11 is 6.01. The SMILES string of the molecule is O=C(Nc1cc([N+](=O)[O-])ccc1Cl)c1ccc(CN2C(=O)c3ccccc3C2=O)cc1. The molecule has 0 radical (unpaired) electrons. The lowest BCUT2D eigenvalue weighted by molar-refractivity contribution is -0.384. The van der Waals surface area contributed by atoms with Gasteiger partial charge in [0.15, 0.2) is 0 Å². The number of rotatable bonds is 5. The fourth-order valence-electron chi connectivity index (χ4n) is 3.24. The van der Waals surface area contributed by atoms with E-state index in [9.17, 15) is 24.5 Å². The van der Waals surface area contributed by atoms with E-state index in [1.54, 1.807) is 36.4 Å². The van der Waals surface area contributed by atoms with Crippen LogP contribution < -0.4 is 5.32 Å². The van der Waals surface area contributed by atoms with Crippen LogP contribution >= 0.6 is 11.6 Å². The first-order valence-corrected chi connectivity index (χ1v) is 9.52. The van der Waals surface area contributed by atoms with Crippen molar-refractivity contribution in [1.82, 2.24) is 4.90 Å². The van der Waals surface area contributed by atoms with Crippen molar-refractivity contribution in [3.8, 4) is 0 Å². The van der Waals surface area contributed by atoms with Crippen LogP contribution in [0.25, 0.3) is 0 Å². The second-order valence-corrected chi connectivity index (χ2v) is 7.22. The van der Waals surface area contributed by atoms with Crippen LogP contribution in [-0.4, -0.2) is 27.5 Å². The van der Waals surface area contributed by atoms with Gasteiger partial charge in [-0.05, 0) is 35.9 Å². The molecule has 3 aromatic carbocycles. The first-order valence-electron chi connectivity index (χ1n) is 9.14. The van der Waals surface area contributed by atoms with E-state index in [4.69, 9.17) is 11.6 Å². The van der Waals surface area contributed by atoms with Crippen LogP contribution in [0.4, 0.5) is 11.4 Å². The number of anilines is 1. The Morgan fingerprint density at radius 2 is 1.58 bits per heavy atom. The molecule has 3 aromatic rings. The zero-order valence-corrected chi connectivity index (χ0v) is 16.6. The molecule has 1 aliphatic rings. The van der Waals surface area contributed by atoms with Crippen LogP contribution in [0.1, 0.15) is 36.6 Å². The number of non-ortho nitro benzene ring substituents is 1. The van der Waals surface area contributed by atoms with Gasteiger partial charge in [-0.1, -0.05) is 35.9 Å². The van der Waals surface area contributed by atoms with Gasteiger partial charge in [-0.3, -0.25) is 29.4 Å². The lowest BCUT2D eigenvalue weighted by atomic mass is 10.1. The minimum absolute atomic E-state index is 0.0744. The molecule has 31 heavy (non-hydrogen) atoms. The van der Waals surface area contributed by atoms with E-state index in [2.05, 4.69) is 5.32 Å². The third kappa shape index (κ3) is 3.88. The summed E-state index contributed by atoms with van der Waals surface area (Å²) in [6, 6.07) is 16.7. The van der Waals surface area contributed by atoms with Gasteiger partial charge in [0.1, 0.15) is 0 Å². The number of imide groups is 1. The van der Waals surface area contributed by atoms with Crippen LogP contribution in [0.3, 0.4) is 0 Å². The fraction of sp³-hybridized carbons (Fsp3) is 0.0455. The Labute approximate surface area is 181 Å². The molecule has 0 fully saturated rings. The summed E-state index contributed by atoms with van der Waals surface area (Å²) in [5, 5.41) is 13.6. The van der Waals surface area contributed by atoms with E-state index in [0.29, 0.717) is 16.7 Å². The largest absolute Gasteiger partial charge is 0.320 e. The molecule has 154 valence electrons. The molecule has 3 amide bonds. The Kier molecular flexibility index (Phi) is 5.22. The highest BCUT2D eigenvalue weighted by molar-refractivity contribution is 6.34. The van der Waals surface area contributed by atoms with Crippen molar-refractivity contribution >= 4 is 40.7 Å². The van der Waals surface area contributed by atoms with Crippen molar-refractivity contribution in [1.29, 1.82) is 0 Å². The summed E-state index contributed by atoms with van der Waals surface area (Å²) in [4.78, 5) is 48.9. The number of nitrogens with one attached hydrogen (secondary N) is 1. The van der Waals surface area contributed by atoms with Crippen molar-refractivity contribution in [2.45, 2.75) is 6.54 Å². The molecule has 0 aliphatic carbocycles. The Bertz CT molecular complexity index is 1210. The number of fused-ring (bicyclic) bond motifs is 1. The van der Waals surface area contributed by atoms with Gasteiger partial charge in [-0.2, -0.15) is 0 Å². The topological polar surface area (TPSA) is 110 Å². The summed E-state index contributed by atoms with van der Waals surface area (Å²) in [5.41, 5.74) is 1.62. The van der Waals surface area contributed by atoms with E-state index < -0.39 is 10.8 Å². The van der Waals surface area contributed by atoms with Gasteiger partial charge < -0.3 is 5.32 Å². The van der Waals surface area contributed by atoms with Gasteiger partial charge in [0.05, 0.1) is 33.3 Å². The fourth-order valence-corrected chi connectivity index (χ4v) is 3.41. The standard InChI is InChI=1S/C22H14ClN3O5/c23-18-10-9-15(26(30)31)11-19(18)24-20(27)14-7-5-13(6-8-14)12-25-21(28)16-3-1-2-4-17(16)22(25)29/h1-11H,12H2,(H,24,27). The molecule has 0 bridgehead atoms. The number of carbonyl (C=O) groups excluding carboxylic acids is 3. The normalized spacial score (nSPS) is 12.6. The second kappa shape index (κ2) is 8.00. The molecule has 1 heterocycles. The lowest BCUT2D eigenvalue weighted by Crippen LogP contribution is -2.29. The zero-order valence-electron chi connectivity index (χ0n) is 15.9. The molecule has 4 rings (SSSR count). The summed E-state index contributed by atoms with van der Waals surface area (Å²) in [6.45, 7) is 0.0744. The predicted octanol–water partition coefficient (Wildman–Crippen LogP) is 4.30. The van der Waals surface area contributed by atoms with Crippen molar-refractivity contribution in [2.24, 2.45) is 0 Å². The van der Waals surface area contributed by atoms with E-state index in [-0.39, 0.29) is 40.3 Å². The first kappa shape index (κ1) is 20.2. The number of benzene rings is 3. The average molecular weight is 436 g/mol. The molecule has 1 N–H and O–H groups in total. The number of halogens is 1. The number of hydrogen-bond acceptors (Lipinski definition) is 5. The van der Waals surface area contributed by atoms with Crippen LogP contribution in [0, 0.1) is 10.1 Å². The summed E-state index contributed by atoms with van der Waals surface area (Å²) < 4.78 is 0. The van der Waals surface area contributed by atoms with Crippen LogP contribution in [0.5, 0.6) is 0 Å². The quantitative estimate of drug-likeness (QED) is 0.365. The maximum atomic E-state index is 12.5. The first-order chi connectivity index (χ1) is 14.8. The van der Waals surface area contributed by atoms with E-state index >= 15 is 0 Å². The maximum Gasteiger partial charge on any atom is 0.271 e. The van der Waals surface area contributed by atoms with Crippen molar-refractivity contribution in [2.75, 3.05) is 5.32 Å². The minimum Gasteiger partial charge on any atom is -0.320 e. The number of amides is 3. The lowest BCUT2D eigenvalue weighted by Gasteiger charge is -2.14. The number of nitro benzene ring substituents is 1. The number of hydrogen-bond donors (Lipinski definition) is 1. The summed E-state index contributed by atoms with van der Waals surface area (Å²) in [7, 11) is 0. The molecule has 0 saturated carbocycles. The van der Waals surface area contributed by atoms with Gasteiger partial charge >= 0.3 is 0 Å². The smallest absolute Gasteiger partial charge is 0.271 e. The molecular weight excluding hydrogens is 422 g/mol. The monoisotopic (exact) mass is 435 g/mol. The Balaban J connectivity index is 1.47. The molecular formula is C22H14ClN3O5. The second-order valence-electron chi connectivity index (χ2n) is 6.81. The Morgan fingerprint density at radius 1 is 0.968 bits per heavy atom. The predicted molar refractivity (Wildman–Crippen MR) is 113 cm³/mol. The van der Waals surface area contributed by atoms with Crippen molar-refractivity contribution < 1.29 is 19.3 Å². The molecule has 8 nitrogen and oxygen atoms in total. The zero-order chi connectivity index (χ0) is 22.1. The molecule has 0 atom stereocenters. The van der Waals surface area contributed by atoms with Gasteiger partial charge in [-0.15, -0.1) is 0 Å². The maximum absolute atomic E-state index is 12.5. The number of nitro groups is 1. The van der Waals surface area contributed by atoms with Crippen molar-refractivity contribution in [3.63, 3.8) is 0 Å². The number of nitrogens with zero attached hydrogens (tertiary/aromatic N) is 2. The minimum atomic E-state index is -0.583. The molecule has 1 aliphatic heterocycles. The van der Waals surface area contributed by atoms with Gasteiger partial charge in [0.2, 0.25) is 0 Å². The molecule has 0 aromatic heterocycles. The van der Waals surface area contributed by atoms with Crippen LogP contribution in [0.2, 0.25) is 5.02 Å².